The van der Waals surface area contributed by atoms with Crippen molar-refractivity contribution in [3.63, 3.8) is 0 Å². The molecule has 104 valence electrons. The Morgan fingerprint density at radius 1 is 1.58 bits per heavy atom. The Morgan fingerprint density at radius 2 is 2.26 bits per heavy atom. The number of nitrogens with two attached hydrogens (primary N) is 1. The highest BCUT2D eigenvalue weighted by atomic mass is 16.6. The number of carbonyl (C=O) groups is 1. The fourth-order valence-corrected chi connectivity index (χ4v) is 1.44. The molecule has 1 amide bonds. The molecule has 0 bridgehead atoms. The molecule has 0 fully saturated rings. The first-order valence-electron chi connectivity index (χ1n) is 5.83. The van der Waals surface area contributed by atoms with E-state index in [4.69, 9.17) is 5.73 Å². The van der Waals surface area contributed by atoms with Crippen molar-refractivity contribution < 1.29 is 9.72 Å². The fourth-order valence-electron chi connectivity index (χ4n) is 1.44. The molecule has 1 aromatic rings. The maximum atomic E-state index is 11.5. The lowest BCUT2D eigenvalue weighted by Crippen LogP contribution is -2.35. The van der Waals surface area contributed by atoms with Gasteiger partial charge in [-0.3, -0.25) is 14.9 Å². The number of amides is 1. The molecule has 3 N–H and O–H groups in total. The summed E-state index contributed by atoms with van der Waals surface area (Å²) in [5.74, 6) is 0.166. The van der Waals surface area contributed by atoms with Gasteiger partial charge >= 0.3 is 0 Å². The molecule has 0 saturated carbocycles. The van der Waals surface area contributed by atoms with Crippen LogP contribution in [0.1, 0.15) is 13.3 Å². The molecular formula is C11H17N5O3. The van der Waals surface area contributed by atoms with Crippen LogP contribution in [0.3, 0.4) is 0 Å². The molecule has 8 nitrogen and oxygen atoms in total. The summed E-state index contributed by atoms with van der Waals surface area (Å²) < 4.78 is 0. The van der Waals surface area contributed by atoms with E-state index in [0.717, 1.165) is 6.42 Å². The van der Waals surface area contributed by atoms with Crippen molar-refractivity contribution in [2.75, 3.05) is 30.8 Å². The van der Waals surface area contributed by atoms with Crippen LogP contribution >= 0.6 is 0 Å². The summed E-state index contributed by atoms with van der Waals surface area (Å²) >= 11 is 0. The van der Waals surface area contributed by atoms with Gasteiger partial charge in [0.1, 0.15) is 11.6 Å². The number of nitrogen functional groups attached to an aromatic ring is 1. The monoisotopic (exact) mass is 267 g/mol. The van der Waals surface area contributed by atoms with Crippen LogP contribution in [-0.4, -0.2) is 36.0 Å². The van der Waals surface area contributed by atoms with Gasteiger partial charge in [-0.15, -0.1) is 0 Å². The van der Waals surface area contributed by atoms with E-state index in [2.05, 4.69) is 10.3 Å². The SMILES string of the molecule is CCCNC(=O)CN(C)c1cc([N+](=O)[O-])cc(N)n1. The third-order valence-electron chi connectivity index (χ3n) is 2.37. The van der Waals surface area contributed by atoms with Gasteiger partial charge in [0.05, 0.1) is 23.6 Å². The number of nitrogens with zero attached hydrogens (tertiary/aromatic N) is 3. The quantitative estimate of drug-likeness (QED) is 0.574. The number of anilines is 2. The number of pyridine rings is 1. The number of likely N-dealkylation sites (N-methyl/N-ethyl adjacent to an activating group) is 1. The zero-order chi connectivity index (χ0) is 14.4. The number of rotatable bonds is 6. The maximum Gasteiger partial charge on any atom is 0.276 e. The second-order valence-electron chi connectivity index (χ2n) is 4.07. The van der Waals surface area contributed by atoms with Crippen molar-refractivity contribution in [2.45, 2.75) is 13.3 Å². The highest BCUT2D eigenvalue weighted by Gasteiger charge is 2.14. The molecule has 0 spiro atoms. The Morgan fingerprint density at radius 3 is 2.84 bits per heavy atom. The van der Waals surface area contributed by atoms with E-state index in [0.29, 0.717) is 12.4 Å². The first-order valence-corrected chi connectivity index (χ1v) is 5.83. The minimum atomic E-state index is -0.549. The Bertz CT molecular complexity index is 477. The van der Waals surface area contributed by atoms with Gasteiger partial charge < -0.3 is 16.0 Å². The van der Waals surface area contributed by atoms with Crippen LogP contribution in [0.15, 0.2) is 12.1 Å². The lowest BCUT2D eigenvalue weighted by Gasteiger charge is -2.17. The van der Waals surface area contributed by atoms with E-state index in [9.17, 15) is 14.9 Å². The van der Waals surface area contributed by atoms with E-state index in [1.807, 2.05) is 6.92 Å². The summed E-state index contributed by atoms with van der Waals surface area (Å²) in [5, 5.41) is 13.4. The minimum Gasteiger partial charge on any atom is -0.383 e. The Kier molecular flexibility index (Phi) is 5.04. The Hall–Kier alpha value is -2.38. The third kappa shape index (κ3) is 4.41. The summed E-state index contributed by atoms with van der Waals surface area (Å²) in [6.07, 6.45) is 0.845. The van der Waals surface area contributed by atoms with Gasteiger partial charge in [-0.1, -0.05) is 6.92 Å². The smallest absolute Gasteiger partial charge is 0.276 e. The molecule has 1 heterocycles. The van der Waals surface area contributed by atoms with Gasteiger partial charge in [-0.2, -0.15) is 0 Å². The van der Waals surface area contributed by atoms with E-state index in [1.165, 1.54) is 17.0 Å². The van der Waals surface area contributed by atoms with Crippen molar-refractivity contribution in [3.05, 3.63) is 22.2 Å². The van der Waals surface area contributed by atoms with Crippen molar-refractivity contribution in [1.82, 2.24) is 10.3 Å². The zero-order valence-electron chi connectivity index (χ0n) is 10.9. The van der Waals surface area contributed by atoms with Gasteiger partial charge in [0.15, 0.2) is 0 Å². The summed E-state index contributed by atoms with van der Waals surface area (Å²) in [4.78, 5) is 27.2. The first-order chi connectivity index (χ1) is 8.93. The van der Waals surface area contributed by atoms with Crippen molar-refractivity contribution in [3.8, 4) is 0 Å². The summed E-state index contributed by atoms with van der Waals surface area (Å²) in [6, 6.07) is 2.46. The zero-order valence-corrected chi connectivity index (χ0v) is 10.9. The highest BCUT2D eigenvalue weighted by molar-refractivity contribution is 5.81. The van der Waals surface area contributed by atoms with Crippen LogP contribution < -0.4 is 16.0 Å². The van der Waals surface area contributed by atoms with Gasteiger partial charge in [-0.05, 0) is 6.42 Å². The molecule has 0 saturated heterocycles. The molecule has 0 aromatic carbocycles. The van der Waals surface area contributed by atoms with Gasteiger partial charge in [-0.25, -0.2) is 4.98 Å². The van der Waals surface area contributed by atoms with Crippen molar-refractivity contribution in [2.24, 2.45) is 0 Å². The molecular weight excluding hydrogens is 250 g/mol. The second kappa shape index (κ2) is 6.53. The average molecular weight is 267 g/mol. The minimum absolute atomic E-state index is 0.0463. The fraction of sp³-hybridized carbons (Fsp3) is 0.455. The number of nitrogens with one attached hydrogen (secondary N) is 1. The van der Waals surface area contributed by atoms with Crippen molar-refractivity contribution in [1.29, 1.82) is 0 Å². The van der Waals surface area contributed by atoms with Crippen LogP contribution in [-0.2, 0) is 4.79 Å². The molecule has 0 radical (unpaired) electrons. The van der Waals surface area contributed by atoms with E-state index in [-0.39, 0.29) is 24.0 Å². The molecule has 19 heavy (non-hydrogen) atoms. The van der Waals surface area contributed by atoms with Crippen LogP contribution in [0.4, 0.5) is 17.3 Å². The standard InChI is InChI=1S/C11H17N5O3/c1-3-4-13-11(17)7-15(2)10-6-8(16(18)19)5-9(12)14-10/h5-6H,3-4,7H2,1-2H3,(H2,12,14)(H,13,17). The predicted molar refractivity (Wildman–Crippen MR) is 71.9 cm³/mol. The number of carbonyl (C=O) groups excluding carboxylic acids is 1. The normalized spacial score (nSPS) is 10.0. The number of nitro groups is 1. The molecule has 8 heteroatoms. The molecule has 0 atom stereocenters. The van der Waals surface area contributed by atoms with Crippen LogP contribution in [0.25, 0.3) is 0 Å². The average Bonchev–Trinajstić information content (AvgIpc) is 2.35. The number of hydrogen-bond donors (Lipinski definition) is 2. The number of hydrogen-bond acceptors (Lipinski definition) is 6. The van der Waals surface area contributed by atoms with Crippen LogP contribution in [0.5, 0.6) is 0 Å². The van der Waals surface area contributed by atoms with Crippen LogP contribution in [0.2, 0.25) is 0 Å². The lowest BCUT2D eigenvalue weighted by molar-refractivity contribution is -0.384. The maximum absolute atomic E-state index is 11.5. The summed E-state index contributed by atoms with van der Waals surface area (Å²) in [6.45, 7) is 2.61. The molecule has 1 rings (SSSR count). The van der Waals surface area contributed by atoms with Gasteiger partial charge in [0.25, 0.3) is 5.69 Å². The first kappa shape index (κ1) is 14.7. The largest absolute Gasteiger partial charge is 0.383 e. The summed E-state index contributed by atoms with van der Waals surface area (Å²) in [5.41, 5.74) is 5.35. The van der Waals surface area contributed by atoms with E-state index >= 15 is 0 Å². The Balaban J connectivity index is 2.79. The van der Waals surface area contributed by atoms with Gasteiger partial charge in [0.2, 0.25) is 5.91 Å². The molecule has 1 aromatic heterocycles. The van der Waals surface area contributed by atoms with E-state index < -0.39 is 4.92 Å². The molecule has 0 aliphatic rings. The second-order valence-corrected chi connectivity index (χ2v) is 4.07. The molecule has 0 unspecified atom stereocenters. The molecule has 0 aliphatic heterocycles. The lowest BCUT2D eigenvalue weighted by atomic mass is 10.3. The number of aromatic nitrogens is 1. The predicted octanol–water partition coefficient (Wildman–Crippen LogP) is 0.534. The topological polar surface area (TPSA) is 114 Å². The van der Waals surface area contributed by atoms with Crippen molar-refractivity contribution >= 4 is 23.2 Å². The van der Waals surface area contributed by atoms with E-state index in [1.54, 1.807) is 7.05 Å². The van der Waals surface area contributed by atoms with Crippen LogP contribution in [0, 0.1) is 10.1 Å². The van der Waals surface area contributed by atoms with Gasteiger partial charge in [0, 0.05) is 13.6 Å². The molecule has 0 aliphatic carbocycles. The Labute approximate surface area is 110 Å². The third-order valence-corrected chi connectivity index (χ3v) is 2.37. The highest BCUT2D eigenvalue weighted by Crippen LogP contribution is 2.20. The summed E-state index contributed by atoms with van der Waals surface area (Å²) in [7, 11) is 1.62.